The molecule has 1 aliphatic heterocycles. The van der Waals surface area contributed by atoms with Crippen molar-refractivity contribution in [3.63, 3.8) is 0 Å². The molecule has 6 heteroatoms. The number of nitrogens with zero attached hydrogens (tertiary/aromatic N) is 2. The number of nitrogen functional groups attached to an aromatic ring is 1. The van der Waals surface area contributed by atoms with E-state index in [0.29, 0.717) is 11.7 Å². The molecule has 0 atom stereocenters. The van der Waals surface area contributed by atoms with Gasteiger partial charge in [0.15, 0.2) is 16.6 Å². The number of hydrogen-bond acceptors (Lipinski definition) is 6. The molecule has 0 aromatic carbocycles. The summed E-state index contributed by atoms with van der Waals surface area (Å²) in [4.78, 5) is 2.30. The van der Waals surface area contributed by atoms with Crippen LogP contribution in [0.5, 0.6) is 5.75 Å². The summed E-state index contributed by atoms with van der Waals surface area (Å²) in [5, 5.41) is 1.06. The Morgan fingerprint density at radius 3 is 2.71 bits per heavy atom. The minimum atomic E-state index is 0.492. The maximum Gasteiger partial charge on any atom is 0.197 e. The molecule has 1 aromatic rings. The number of piperidine rings is 1. The summed E-state index contributed by atoms with van der Waals surface area (Å²) in [5.74, 6) is 1.89. The zero-order valence-electron chi connectivity index (χ0n) is 10.3. The highest BCUT2D eigenvalue weighted by molar-refractivity contribution is 7.11. The molecule has 2 heterocycles. The fourth-order valence-corrected chi connectivity index (χ4v) is 3.05. The highest BCUT2D eigenvalue weighted by Crippen LogP contribution is 2.39. The summed E-state index contributed by atoms with van der Waals surface area (Å²) < 4.78 is 14.6. The number of rotatable bonds is 4. The van der Waals surface area contributed by atoms with Gasteiger partial charge < -0.3 is 20.1 Å². The monoisotopic (exact) mass is 257 g/mol. The van der Waals surface area contributed by atoms with Crippen molar-refractivity contribution in [1.29, 1.82) is 0 Å². The molecule has 0 aliphatic carbocycles. The van der Waals surface area contributed by atoms with Crippen molar-refractivity contribution in [2.24, 2.45) is 5.92 Å². The summed E-state index contributed by atoms with van der Waals surface area (Å²) in [5.41, 5.74) is 5.76. The Morgan fingerprint density at radius 2 is 2.12 bits per heavy atom. The Labute approximate surface area is 106 Å². The van der Waals surface area contributed by atoms with Crippen molar-refractivity contribution >= 4 is 22.4 Å². The molecule has 2 rings (SSSR count). The summed E-state index contributed by atoms with van der Waals surface area (Å²) >= 11 is 1.42. The van der Waals surface area contributed by atoms with Crippen molar-refractivity contribution in [1.82, 2.24) is 4.37 Å². The average Bonchev–Trinajstić information content (AvgIpc) is 2.72. The van der Waals surface area contributed by atoms with Crippen LogP contribution in [-0.4, -0.2) is 38.3 Å². The SMILES string of the molecule is COCC1CCN(c2snc(N)c2OC)CC1. The molecule has 0 amide bonds. The van der Waals surface area contributed by atoms with Gasteiger partial charge in [0.2, 0.25) is 0 Å². The van der Waals surface area contributed by atoms with Crippen molar-refractivity contribution in [3.8, 4) is 5.75 Å². The van der Waals surface area contributed by atoms with E-state index >= 15 is 0 Å². The van der Waals surface area contributed by atoms with E-state index in [2.05, 4.69) is 9.27 Å². The summed E-state index contributed by atoms with van der Waals surface area (Å²) in [6.45, 7) is 2.90. The lowest BCUT2D eigenvalue weighted by Crippen LogP contribution is -2.34. The van der Waals surface area contributed by atoms with Gasteiger partial charge in [-0.2, -0.15) is 4.37 Å². The lowest BCUT2D eigenvalue weighted by atomic mass is 9.98. The van der Waals surface area contributed by atoms with Crippen LogP contribution in [0.2, 0.25) is 0 Å². The van der Waals surface area contributed by atoms with Crippen LogP contribution in [-0.2, 0) is 4.74 Å². The van der Waals surface area contributed by atoms with Gasteiger partial charge in [0.25, 0.3) is 0 Å². The normalized spacial score (nSPS) is 17.4. The Hall–Kier alpha value is -1.01. The maximum absolute atomic E-state index is 5.76. The fourth-order valence-electron chi connectivity index (χ4n) is 2.22. The van der Waals surface area contributed by atoms with E-state index in [1.54, 1.807) is 14.2 Å². The summed E-state index contributed by atoms with van der Waals surface area (Å²) in [6, 6.07) is 0. The van der Waals surface area contributed by atoms with E-state index in [-0.39, 0.29) is 0 Å². The second-order valence-corrected chi connectivity index (χ2v) is 5.04. The van der Waals surface area contributed by atoms with E-state index < -0.39 is 0 Å². The van der Waals surface area contributed by atoms with Crippen LogP contribution in [0.3, 0.4) is 0 Å². The van der Waals surface area contributed by atoms with Gasteiger partial charge in [-0.25, -0.2) is 0 Å². The predicted molar refractivity (Wildman–Crippen MR) is 69.9 cm³/mol. The first-order chi connectivity index (χ1) is 8.26. The smallest absolute Gasteiger partial charge is 0.197 e. The van der Waals surface area contributed by atoms with E-state index in [9.17, 15) is 0 Å². The van der Waals surface area contributed by atoms with E-state index in [1.165, 1.54) is 11.5 Å². The third-order valence-electron chi connectivity index (χ3n) is 3.17. The van der Waals surface area contributed by atoms with Crippen molar-refractivity contribution in [2.75, 3.05) is 44.5 Å². The van der Waals surface area contributed by atoms with Gasteiger partial charge in [-0.3, -0.25) is 0 Å². The Morgan fingerprint density at radius 1 is 1.41 bits per heavy atom. The zero-order valence-corrected chi connectivity index (χ0v) is 11.1. The van der Waals surface area contributed by atoms with Gasteiger partial charge in [0, 0.05) is 26.8 Å². The van der Waals surface area contributed by atoms with Gasteiger partial charge in [0.1, 0.15) is 0 Å². The minimum Gasteiger partial charge on any atom is -0.490 e. The predicted octanol–water partition coefficient (Wildman–Crippen LogP) is 1.60. The Bertz CT molecular complexity index is 362. The first-order valence-electron chi connectivity index (χ1n) is 5.79. The molecule has 0 spiro atoms. The lowest BCUT2D eigenvalue weighted by molar-refractivity contribution is 0.139. The molecule has 0 radical (unpaired) electrons. The third-order valence-corrected chi connectivity index (χ3v) is 4.07. The number of ether oxygens (including phenoxy) is 2. The first kappa shape index (κ1) is 12.4. The second-order valence-electron chi connectivity index (χ2n) is 4.29. The molecule has 1 saturated heterocycles. The van der Waals surface area contributed by atoms with Crippen molar-refractivity contribution < 1.29 is 9.47 Å². The molecule has 5 nitrogen and oxygen atoms in total. The number of aromatic nitrogens is 1. The molecule has 0 unspecified atom stereocenters. The molecular formula is C11H19N3O2S. The lowest BCUT2D eigenvalue weighted by Gasteiger charge is -2.32. The summed E-state index contributed by atoms with van der Waals surface area (Å²) in [6.07, 6.45) is 2.30. The maximum atomic E-state index is 5.76. The first-order valence-corrected chi connectivity index (χ1v) is 6.56. The fraction of sp³-hybridized carbons (Fsp3) is 0.727. The van der Waals surface area contributed by atoms with Crippen LogP contribution in [0.1, 0.15) is 12.8 Å². The average molecular weight is 257 g/mol. The van der Waals surface area contributed by atoms with Crippen LogP contribution in [0.4, 0.5) is 10.8 Å². The molecular weight excluding hydrogens is 238 g/mol. The van der Waals surface area contributed by atoms with E-state index in [4.69, 9.17) is 15.2 Å². The van der Waals surface area contributed by atoms with E-state index in [0.717, 1.165) is 43.3 Å². The van der Waals surface area contributed by atoms with Crippen LogP contribution in [0, 0.1) is 5.92 Å². The van der Waals surface area contributed by atoms with Crippen LogP contribution >= 0.6 is 11.5 Å². The van der Waals surface area contributed by atoms with Gasteiger partial charge >= 0.3 is 0 Å². The number of methoxy groups -OCH3 is 2. The van der Waals surface area contributed by atoms with Gasteiger partial charge in [-0.1, -0.05) is 0 Å². The van der Waals surface area contributed by atoms with Crippen LogP contribution in [0.15, 0.2) is 0 Å². The largest absolute Gasteiger partial charge is 0.490 e. The summed E-state index contributed by atoms with van der Waals surface area (Å²) in [7, 11) is 3.40. The number of nitrogens with two attached hydrogens (primary N) is 1. The molecule has 96 valence electrons. The third kappa shape index (κ3) is 2.63. The quantitative estimate of drug-likeness (QED) is 0.887. The van der Waals surface area contributed by atoms with Gasteiger partial charge in [-0.05, 0) is 30.3 Å². The van der Waals surface area contributed by atoms with Crippen molar-refractivity contribution in [2.45, 2.75) is 12.8 Å². The standard InChI is InChI=1S/C11H19N3O2S/c1-15-7-8-3-5-14(6-4-8)11-9(16-2)10(12)13-17-11/h8H,3-7H2,1-2H3,(H2,12,13). The van der Waals surface area contributed by atoms with Crippen LogP contribution in [0.25, 0.3) is 0 Å². The number of hydrogen-bond donors (Lipinski definition) is 1. The molecule has 2 N–H and O–H groups in total. The highest BCUT2D eigenvalue weighted by atomic mass is 32.1. The number of anilines is 2. The topological polar surface area (TPSA) is 60.6 Å². The van der Waals surface area contributed by atoms with Crippen molar-refractivity contribution in [3.05, 3.63) is 0 Å². The van der Waals surface area contributed by atoms with Crippen LogP contribution < -0.4 is 15.4 Å². The molecule has 1 fully saturated rings. The highest BCUT2D eigenvalue weighted by Gasteiger charge is 2.24. The Balaban J connectivity index is 2.00. The molecule has 1 aromatic heterocycles. The molecule has 1 aliphatic rings. The molecule has 0 bridgehead atoms. The molecule has 0 saturated carbocycles. The Kier molecular flexibility index (Phi) is 4.06. The minimum absolute atomic E-state index is 0.492. The van der Waals surface area contributed by atoms with E-state index in [1.807, 2.05) is 0 Å². The zero-order chi connectivity index (χ0) is 12.3. The molecule has 17 heavy (non-hydrogen) atoms. The second kappa shape index (κ2) is 5.55. The van der Waals surface area contributed by atoms with Gasteiger partial charge in [-0.15, -0.1) is 0 Å². The van der Waals surface area contributed by atoms with Gasteiger partial charge in [0.05, 0.1) is 7.11 Å².